The van der Waals surface area contributed by atoms with Gasteiger partial charge in [-0.25, -0.2) is 14.6 Å². The van der Waals surface area contributed by atoms with Crippen molar-refractivity contribution in [1.29, 1.82) is 0 Å². The summed E-state index contributed by atoms with van der Waals surface area (Å²) < 4.78 is 7.07. The Morgan fingerprint density at radius 2 is 1.90 bits per heavy atom. The number of aromatic nitrogens is 4. The van der Waals surface area contributed by atoms with E-state index in [-0.39, 0.29) is 5.91 Å². The molecule has 30 heavy (non-hydrogen) atoms. The van der Waals surface area contributed by atoms with Crippen LogP contribution in [0.4, 0.5) is 0 Å². The van der Waals surface area contributed by atoms with Crippen molar-refractivity contribution in [2.75, 3.05) is 39.8 Å². The average Bonchev–Trinajstić information content (AvgIpc) is 3.20. The molecular weight excluding hydrogens is 380 g/mol. The molecule has 0 atom stereocenters. The summed E-state index contributed by atoms with van der Waals surface area (Å²) >= 11 is 0. The number of hydrogen-bond acceptors (Lipinski definition) is 6. The minimum Gasteiger partial charge on any atom is -0.496 e. The summed E-state index contributed by atoms with van der Waals surface area (Å²) in [7, 11) is 1.64. The highest BCUT2D eigenvalue weighted by atomic mass is 16.5. The molecule has 0 spiro atoms. The molecule has 1 amide bonds. The van der Waals surface area contributed by atoms with Crippen molar-refractivity contribution in [3.8, 4) is 23.0 Å². The number of para-hydroxylation sites is 1. The van der Waals surface area contributed by atoms with Crippen LogP contribution in [-0.4, -0.2) is 75.3 Å². The standard InChI is InChI=1S/C22H26N6O2/c1-4-26-11-13-27(14-12-26)21(29)18-15-24-28(16(18)2)22-23-10-9-19(25-22)17-7-5-6-8-20(17)30-3/h5-10,15H,4,11-14H2,1-3H3. The Bertz CT molecular complexity index is 1040. The lowest BCUT2D eigenvalue weighted by atomic mass is 10.1. The normalized spacial score (nSPS) is 14.7. The monoisotopic (exact) mass is 406 g/mol. The van der Waals surface area contributed by atoms with Crippen LogP contribution in [0, 0.1) is 6.92 Å². The summed E-state index contributed by atoms with van der Waals surface area (Å²) in [6.45, 7) is 8.30. The molecule has 4 rings (SSSR count). The summed E-state index contributed by atoms with van der Waals surface area (Å²) in [6, 6.07) is 9.53. The summed E-state index contributed by atoms with van der Waals surface area (Å²) in [4.78, 5) is 26.3. The molecule has 0 radical (unpaired) electrons. The molecule has 1 aromatic carbocycles. The Morgan fingerprint density at radius 1 is 1.13 bits per heavy atom. The molecule has 0 saturated carbocycles. The highest BCUT2D eigenvalue weighted by Gasteiger charge is 2.25. The van der Waals surface area contributed by atoms with Crippen molar-refractivity contribution in [3.63, 3.8) is 0 Å². The van der Waals surface area contributed by atoms with E-state index in [0.717, 1.165) is 55.4 Å². The van der Waals surface area contributed by atoms with Crippen LogP contribution in [0.5, 0.6) is 5.75 Å². The molecule has 156 valence electrons. The average molecular weight is 406 g/mol. The topological polar surface area (TPSA) is 76.4 Å². The predicted molar refractivity (Wildman–Crippen MR) is 114 cm³/mol. The number of amides is 1. The van der Waals surface area contributed by atoms with E-state index < -0.39 is 0 Å². The number of benzene rings is 1. The number of ether oxygens (including phenoxy) is 1. The zero-order valence-corrected chi connectivity index (χ0v) is 17.6. The van der Waals surface area contributed by atoms with Gasteiger partial charge in [0.05, 0.1) is 30.3 Å². The Kier molecular flexibility index (Phi) is 5.76. The maximum absolute atomic E-state index is 13.0. The Balaban J connectivity index is 1.61. The first-order valence-corrected chi connectivity index (χ1v) is 10.2. The van der Waals surface area contributed by atoms with E-state index in [2.05, 4.69) is 26.9 Å². The maximum atomic E-state index is 13.0. The van der Waals surface area contributed by atoms with Crippen LogP contribution in [0.2, 0.25) is 0 Å². The van der Waals surface area contributed by atoms with Crippen LogP contribution in [0.1, 0.15) is 23.0 Å². The second kappa shape index (κ2) is 8.62. The van der Waals surface area contributed by atoms with Crippen molar-refractivity contribution in [2.24, 2.45) is 0 Å². The summed E-state index contributed by atoms with van der Waals surface area (Å²) in [6.07, 6.45) is 3.31. The number of carbonyl (C=O) groups excluding carboxylic acids is 1. The first-order valence-electron chi connectivity index (χ1n) is 10.2. The van der Waals surface area contributed by atoms with Gasteiger partial charge in [0.15, 0.2) is 0 Å². The van der Waals surface area contributed by atoms with Gasteiger partial charge < -0.3 is 14.5 Å². The van der Waals surface area contributed by atoms with E-state index in [1.807, 2.05) is 42.2 Å². The minimum atomic E-state index is 0.00962. The second-order valence-corrected chi connectivity index (χ2v) is 7.22. The second-order valence-electron chi connectivity index (χ2n) is 7.22. The third-order valence-corrected chi connectivity index (χ3v) is 5.56. The van der Waals surface area contributed by atoms with E-state index in [9.17, 15) is 4.79 Å². The van der Waals surface area contributed by atoms with Crippen molar-refractivity contribution in [2.45, 2.75) is 13.8 Å². The number of rotatable bonds is 5. The first-order chi connectivity index (χ1) is 14.6. The van der Waals surface area contributed by atoms with E-state index in [0.29, 0.717) is 11.5 Å². The lowest BCUT2D eigenvalue weighted by molar-refractivity contribution is 0.0642. The number of carbonyl (C=O) groups is 1. The maximum Gasteiger partial charge on any atom is 0.257 e. The van der Waals surface area contributed by atoms with Crippen molar-refractivity contribution in [1.82, 2.24) is 29.5 Å². The fourth-order valence-electron chi connectivity index (χ4n) is 3.72. The van der Waals surface area contributed by atoms with Crippen LogP contribution in [-0.2, 0) is 0 Å². The zero-order valence-electron chi connectivity index (χ0n) is 17.6. The van der Waals surface area contributed by atoms with Gasteiger partial charge in [-0.05, 0) is 31.7 Å². The SMILES string of the molecule is CCN1CCN(C(=O)c2cnn(-c3nccc(-c4ccccc4OC)n3)c2C)CC1. The van der Waals surface area contributed by atoms with Gasteiger partial charge in [-0.3, -0.25) is 4.79 Å². The van der Waals surface area contributed by atoms with Crippen molar-refractivity contribution in [3.05, 3.63) is 54.0 Å². The molecule has 0 bridgehead atoms. The Labute approximate surface area is 176 Å². The molecule has 0 unspecified atom stereocenters. The lowest BCUT2D eigenvalue weighted by Crippen LogP contribution is -2.48. The molecule has 8 heteroatoms. The third kappa shape index (κ3) is 3.78. The molecule has 2 aromatic heterocycles. The van der Waals surface area contributed by atoms with Crippen molar-refractivity contribution >= 4 is 5.91 Å². The van der Waals surface area contributed by atoms with Crippen LogP contribution in [0.15, 0.2) is 42.7 Å². The summed E-state index contributed by atoms with van der Waals surface area (Å²) in [5.41, 5.74) is 2.93. The van der Waals surface area contributed by atoms with Gasteiger partial charge in [-0.2, -0.15) is 5.10 Å². The van der Waals surface area contributed by atoms with Gasteiger partial charge in [-0.1, -0.05) is 19.1 Å². The molecule has 1 saturated heterocycles. The molecule has 1 fully saturated rings. The fraction of sp³-hybridized carbons (Fsp3) is 0.364. The van der Waals surface area contributed by atoms with Gasteiger partial charge in [0, 0.05) is 37.9 Å². The van der Waals surface area contributed by atoms with Gasteiger partial charge in [0.2, 0.25) is 0 Å². The van der Waals surface area contributed by atoms with Crippen LogP contribution < -0.4 is 4.74 Å². The number of nitrogens with zero attached hydrogens (tertiary/aromatic N) is 6. The zero-order chi connectivity index (χ0) is 21.1. The van der Waals surface area contributed by atoms with Crippen LogP contribution >= 0.6 is 0 Å². The quantitative estimate of drug-likeness (QED) is 0.648. The van der Waals surface area contributed by atoms with E-state index in [1.54, 1.807) is 24.2 Å². The molecular formula is C22H26N6O2. The molecule has 1 aliphatic rings. The van der Waals surface area contributed by atoms with Gasteiger partial charge >= 0.3 is 0 Å². The fourth-order valence-corrected chi connectivity index (χ4v) is 3.72. The van der Waals surface area contributed by atoms with E-state index in [1.165, 1.54) is 0 Å². The molecule has 0 aliphatic carbocycles. The molecule has 3 heterocycles. The number of methoxy groups -OCH3 is 1. The largest absolute Gasteiger partial charge is 0.496 e. The third-order valence-electron chi connectivity index (χ3n) is 5.56. The predicted octanol–water partition coefficient (Wildman–Crippen LogP) is 2.42. The van der Waals surface area contributed by atoms with Gasteiger partial charge in [0.25, 0.3) is 11.9 Å². The highest BCUT2D eigenvalue weighted by Crippen LogP contribution is 2.28. The van der Waals surface area contributed by atoms with E-state index >= 15 is 0 Å². The van der Waals surface area contributed by atoms with E-state index in [4.69, 9.17) is 4.74 Å². The highest BCUT2D eigenvalue weighted by molar-refractivity contribution is 5.95. The minimum absolute atomic E-state index is 0.00962. The smallest absolute Gasteiger partial charge is 0.257 e. The summed E-state index contributed by atoms with van der Waals surface area (Å²) in [5, 5.41) is 4.41. The Hall–Kier alpha value is -3.26. The molecule has 1 aliphatic heterocycles. The van der Waals surface area contributed by atoms with Gasteiger partial charge in [-0.15, -0.1) is 0 Å². The first kappa shape index (κ1) is 20.0. The van der Waals surface area contributed by atoms with Crippen LogP contribution in [0.25, 0.3) is 17.2 Å². The number of piperazine rings is 1. The van der Waals surface area contributed by atoms with Crippen LogP contribution in [0.3, 0.4) is 0 Å². The van der Waals surface area contributed by atoms with Crippen molar-refractivity contribution < 1.29 is 9.53 Å². The Morgan fingerprint density at radius 3 is 2.63 bits per heavy atom. The number of likely N-dealkylation sites (N-methyl/N-ethyl adjacent to an activating group) is 1. The number of hydrogen-bond donors (Lipinski definition) is 0. The molecule has 8 nitrogen and oxygen atoms in total. The van der Waals surface area contributed by atoms with Gasteiger partial charge in [0.1, 0.15) is 5.75 Å². The molecule has 3 aromatic rings. The molecule has 0 N–H and O–H groups in total. The lowest BCUT2D eigenvalue weighted by Gasteiger charge is -2.33. The summed E-state index contributed by atoms with van der Waals surface area (Å²) in [5.74, 6) is 1.17.